The van der Waals surface area contributed by atoms with Gasteiger partial charge in [0.15, 0.2) is 6.61 Å². The number of carbonyl (C=O) groups is 3. The zero-order chi connectivity index (χ0) is 20.7. The first-order valence-electron chi connectivity index (χ1n) is 7.70. The van der Waals surface area contributed by atoms with Gasteiger partial charge in [-0.2, -0.15) is 8.78 Å². The van der Waals surface area contributed by atoms with Crippen LogP contribution in [0.25, 0.3) is 0 Å². The summed E-state index contributed by atoms with van der Waals surface area (Å²) in [6.07, 6.45) is 0. The molecule has 1 N–H and O–H groups in total. The molecule has 0 aliphatic rings. The summed E-state index contributed by atoms with van der Waals surface area (Å²) < 4.78 is 38.1. The third-order valence-corrected chi connectivity index (χ3v) is 3.61. The number of anilines is 1. The van der Waals surface area contributed by atoms with Crippen LogP contribution in [0.3, 0.4) is 0 Å². The Labute approximate surface area is 163 Å². The lowest BCUT2D eigenvalue weighted by atomic mass is 10.1. The number of amides is 1. The number of hydrogen-bond donors (Lipinski definition) is 1. The molecule has 0 spiro atoms. The molecule has 7 nitrogen and oxygen atoms in total. The standard InChI is InChI=1S/C18H14ClF2NO6/c1-26-16(24)11-4-2-3-5-12(11)17(25)27-9-15(23)22-10-6-7-14(13(19)8-10)28-18(20)21/h2-8,18H,9H2,1H3,(H,22,23). The summed E-state index contributed by atoms with van der Waals surface area (Å²) in [5.74, 6) is -2.57. The summed E-state index contributed by atoms with van der Waals surface area (Å²) in [5, 5.41) is 2.25. The molecule has 0 unspecified atom stereocenters. The molecule has 0 aromatic heterocycles. The smallest absolute Gasteiger partial charge is 0.387 e. The molecular formula is C18H14ClF2NO6. The summed E-state index contributed by atoms with van der Waals surface area (Å²) in [5.41, 5.74) is 0.123. The Balaban J connectivity index is 1.97. The molecule has 2 rings (SSSR count). The van der Waals surface area contributed by atoms with E-state index in [9.17, 15) is 23.2 Å². The highest BCUT2D eigenvalue weighted by Crippen LogP contribution is 2.28. The second-order valence-electron chi connectivity index (χ2n) is 5.19. The van der Waals surface area contributed by atoms with Crippen LogP contribution in [0.15, 0.2) is 42.5 Å². The fraction of sp³-hybridized carbons (Fsp3) is 0.167. The van der Waals surface area contributed by atoms with Crippen LogP contribution in [0, 0.1) is 0 Å². The third-order valence-electron chi connectivity index (χ3n) is 3.32. The van der Waals surface area contributed by atoms with Crippen LogP contribution in [-0.2, 0) is 14.3 Å². The van der Waals surface area contributed by atoms with Gasteiger partial charge in [0, 0.05) is 5.69 Å². The molecule has 2 aromatic rings. The van der Waals surface area contributed by atoms with Gasteiger partial charge in [-0.25, -0.2) is 9.59 Å². The van der Waals surface area contributed by atoms with Crippen LogP contribution in [0.2, 0.25) is 5.02 Å². The Morgan fingerprint density at radius 2 is 1.71 bits per heavy atom. The number of ether oxygens (including phenoxy) is 3. The van der Waals surface area contributed by atoms with Crippen molar-refractivity contribution in [3.63, 3.8) is 0 Å². The minimum Gasteiger partial charge on any atom is -0.465 e. The lowest BCUT2D eigenvalue weighted by molar-refractivity contribution is -0.119. The molecule has 0 aliphatic heterocycles. The number of hydrogen-bond acceptors (Lipinski definition) is 6. The number of halogens is 3. The second-order valence-corrected chi connectivity index (χ2v) is 5.59. The molecule has 0 bridgehead atoms. The average Bonchev–Trinajstić information content (AvgIpc) is 2.67. The van der Waals surface area contributed by atoms with E-state index in [0.29, 0.717) is 0 Å². The van der Waals surface area contributed by atoms with Crippen molar-refractivity contribution in [2.24, 2.45) is 0 Å². The Kier molecular flexibility index (Phi) is 7.28. The van der Waals surface area contributed by atoms with E-state index >= 15 is 0 Å². The first kappa shape index (κ1) is 21.1. The van der Waals surface area contributed by atoms with Crippen molar-refractivity contribution < 1.29 is 37.4 Å². The van der Waals surface area contributed by atoms with Gasteiger partial charge < -0.3 is 19.5 Å². The molecule has 10 heteroatoms. The predicted molar refractivity (Wildman–Crippen MR) is 94.8 cm³/mol. The molecule has 2 aromatic carbocycles. The summed E-state index contributed by atoms with van der Waals surface area (Å²) in [6.45, 7) is -3.69. The molecule has 0 atom stereocenters. The number of rotatable bonds is 7. The highest BCUT2D eigenvalue weighted by Gasteiger charge is 2.19. The van der Waals surface area contributed by atoms with Crippen molar-refractivity contribution in [1.82, 2.24) is 0 Å². The first-order valence-corrected chi connectivity index (χ1v) is 8.08. The highest BCUT2D eigenvalue weighted by molar-refractivity contribution is 6.32. The normalized spacial score (nSPS) is 10.3. The third kappa shape index (κ3) is 5.65. The highest BCUT2D eigenvalue weighted by atomic mass is 35.5. The molecule has 0 aliphatic carbocycles. The van der Waals surface area contributed by atoms with Gasteiger partial charge in [0.05, 0.1) is 23.3 Å². The molecule has 0 radical (unpaired) electrons. The average molecular weight is 414 g/mol. The number of methoxy groups -OCH3 is 1. The zero-order valence-corrected chi connectivity index (χ0v) is 15.2. The van der Waals surface area contributed by atoms with Crippen LogP contribution in [0.5, 0.6) is 5.75 Å². The van der Waals surface area contributed by atoms with Gasteiger partial charge in [0.1, 0.15) is 5.75 Å². The number of benzene rings is 2. The van der Waals surface area contributed by atoms with Crippen molar-refractivity contribution >= 4 is 35.1 Å². The fourth-order valence-electron chi connectivity index (χ4n) is 2.13. The quantitative estimate of drug-likeness (QED) is 0.698. The number of alkyl halides is 2. The molecule has 0 fully saturated rings. The fourth-order valence-corrected chi connectivity index (χ4v) is 2.35. The number of carbonyl (C=O) groups excluding carboxylic acids is 3. The Morgan fingerprint density at radius 3 is 2.29 bits per heavy atom. The lowest BCUT2D eigenvalue weighted by Gasteiger charge is -2.10. The summed E-state index contributed by atoms with van der Waals surface area (Å²) in [4.78, 5) is 35.7. The predicted octanol–water partition coefficient (Wildman–Crippen LogP) is 3.52. The molecule has 0 saturated heterocycles. The molecule has 0 saturated carbocycles. The van der Waals surface area contributed by atoms with Crippen LogP contribution < -0.4 is 10.1 Å². The van der Waals surface area contributed by atoms with Gasteiger partial charge in [0.2, 0.25) is 0 Å². The van der Waals surface area contributed by atoms with Crippen LogP contribution in [0.1, 0.15) is 20.7 Å². The largest absolute Gasteiger partial charge is 0.465 e. The van der Waals surface area contributed by atoms with Gasteiger partial charge >= 0.3 is 18.6 Å². The first-order chi connectivity index (χ1) is 13.3. The Bertz CT molecular complexity index is 890. The number of nitrogens with one attached hydrogen (secondary N) is 1. The van der Waals surface area contributed by atoms with Crippen LogP contribution in [0.4, 0.5) is 14.5 Å². The van der Waals surface area contributed by atoms with E-state index in [1.807, 2.05) is 0 Å². The van der Waals surface area contributed by atoms with E-state index in [1.165, 1.54) is 37.4 Å². The number of esters is 2. The van der Waals surface area contributed by atoms with Gasteiger partial charge in [-0.1, -0.05) is 23.7 Å². The SMILES string of the molecule is COC(=O)c1ccccc1C(=O)OCC(=O)Nc1ccc(OC(F)F)c(Cl)c1. The maximum absolute atomic E-state index is 12.2. The van der Waals surface area contributed by atoms with E-state index in [4.69, 9.17) is 16.3 Å². The minimum absolute atomic E-state index is 0.00295. The summed E-state index contributed by atoms with van der Waals surface area (Å²) in [7, 11) is 1.17. The van der Waals surface area contributed by atoms with Gasteiger partial charge in [-0.15, -0.1) is 0 Å². The molecular weight excluding hydrogens is 400 g/mol. The van der Waals surface area contributed by atoms with Crippen molar-refractivity contribution in [1.29, 1.82) is 0 Å². The lowest BCUT2D eigenvalue weighted by Crippen LogP contribution is -2.22. The Hall–Kier alpha value is -3.20. The van der Waals surface area contributed by atoms with Gasteiger partial charge in [-0.05, 0) is 30.3 Å². The second kappa shape index (κ2) is 9.65. The van der Waals surface area contributed by atoms with E-state index in [2.05, 4.69) is 14.8 Å². The maximum Gasteiger partial charge on any atom is 0.387 e. The van der Waals surface area contributed by atoms with Crippen LogP contribution >= 0.6 is 11.6 Å². The maximum atomic E-state index is 12.2. The van der Waals surface area contributed by atoms with Crippen molar-refractivity contribution in [3.05, 3.63) is 58.6 Å². The molecule has 28 heavy (non-hydrogen) atoms. The molecule has 148 valence electrons. The van der Waals surface area contributed by atoms with Crippen LogP contribution in [-0.4, -0.2) is 38.2 Å². The molecule has 0 heterocycles. The van der Waals surface area contributed by atoms with Crippen molar-refractivity contribution in [2.45, 2.75) is 6.61 Å². The Morgan fingerprint density at radius 1 is 1.07 bits per heavy atom. The summed E-state index contributed by atoms with van der Waals surface area (Å²) >= 11 is 5.79. The van der Waals surface area contributed by atoms with E-state index in [1.54, 1.807) is 6.07 Å². The minimum atomic E-state index is -3.04. The zero-order valence-electron chi connectivity index (χ0n) is 14.4. The van der Waals surface area contributed by atoms with Gasteiger partial charge in [-0.3, -0.25) is 4.79 Å². The van der Waals surface area contributed by atoms with E-state index < -0.39 is 31.1 Å². The topological polar surface area (TPSA) is 90.9 Å². The summed E-state index contributed by atoms with van der Waals surface area (Å²) in [6, 6.07) is 9.45. The van der Waals surface area contributed by atoms with Crippen molar-refractivity contribution in [3.8, 4) is 5.75 Å². The molecule has 1 amide bonds. The monoisotopic (exact) mass is 413 g/mol. The van der Waals surface area contributed by atoms with Crippen molar-refractivity contribution in [2.75, 3.05) is 19.0 Å². The van der Waals surface area contributed by atoms with E-state index in [0.717, 1.165) is 6.07 Å². The van der Waals surface area contributed by atoms with Gasteiger partial charge in [0.25, 0.3) is 5.91 Å². The van der Waals surface area contributed by atoms with E-state index in [-0.39, 0.29) is 27.6 Å².